The highest BCUT2D eigenvalue weighted by molar-refractivity contribution is 7.98. The summed E-state index contributed by atoms with van der Waals surface area (Å²) in [5, 5.41) is 3.93. The molecule has 2 aromatic carbocycles. The number of amides is 1. The molecule has 2 aromatic rings. The summed E-state index contributed by atoms with van der Waals surface area (Å²) < 4.78 is 36.0. The van der Waals surface area contributed by atoms with E-state index in [9.17, 15) is 13.2 Å². The Hall–Kier alpha value is -1.81. The van der Waals surface area contributed by atoms with Crippen LogP contribution in [0.2, 0.25) is 10.0 Å². The number of anilines is 1. The van der Waals surface area contributed by atoms with Gasteiger partial charge in [0.25, 0.3) is 0 Å². The van der Waals surface area contributed by atoms with E-state index in [0.29, 0.717) is 45.3 Å². The summed E-state index contributed by atoms with van der Waals surface area (Å²) in [6.45, 7) is 0.149. The second-order valence-electron chi connectivity index (χ2n) is 6.45. The number of ether oxygens (including phenoxy) is 2. The molecular formula is C19H20Cl2N2O5S2. The number of thioether (sulfide) groups is 1. The molecule has 0 saturated heterocycles. The van der Waals surface area contributed by atoms with E-state index in [-0.39, 0.29) is 13.3 Å². The van der Waals surface area contributed by atoms with Gasteiger partial charge in [0, 0.05) is 34.2 Å². The smallest absolute Gasteiger partial charge is 0.240 e. The van der Waals surface area contributed by atoms with Gasteiger partial charge in [0.15, 0.2) is 11.5 Å². The zero-order valence-corrected chi connectivity index (χ0v) is 19.2. The fourth-order valence-electron chi connectivity index (χ4n) is 2.71. The van der Waals surface area contributed by atoms with Crippen molar-refractivity contribution in [1.29, 1.82) is 0 Å². The summed E-state index contributed by atoms with van der Waals surface area (Å²) in [5.74, 6) is 1.91. The first kappa shape index (κ1) is 22.9. The number of fused-ring (bicyclic) bond motifs is 1. The first-order chi connectivity index (χ1) is 14.2. The summed E-state index contributed by atoms with van der Waals surface area (Å²) in [6.07, 6.45) is 1.05. The molecule has 1 N–H and O–H groups in total. The van der Waals surface area contributed by atoms with E-state index in [2.05, 4.69) is 5.32 Å². The average molecular weight is 491 g/mol. The van der Waals surface area contributed by atoms with Crippen LogP contribution in [-0.4, -0.2) is 46.2 Å². The Morgan fingerprint density at radius 1 is 1.17 bits per heavy atom. The Kier molecular flexibility index (Phi) is 7.62. The van der Waals surface area contributed by atoms with Crippen molar-refractivity contribution in [3.8, 4) is 11.5 Å². The summed E-state index contributed by atoms with van der Waals surface area (Å²) in [6, 6.07) is 10.1. The number of carbonyl (C=O) groups excluding carboxylic acids is 1. The van der Waals surface area contributed by atoms with Gasteiger partial charge in [0.2, 0.25) is 22.7 Å². The van der Waals surface area contributed by atoms with Crippen LogP contribution in [0.1, 0.15) is 5.56 Å². The van der Waals surface area contributed by atoms with Gasteiger partial charge >= 0.3 is 0 Å². The topological polar surface area (TPSA) is 84.9 Å². The normalized spacial score (nSPS) is 12.6. The summed E-state index contributed by atoms with van der Waals surface area (Å²) >= 11 is 13.6. The second-order valence-corrected chi connectivity index (χ2v) is 10.3. The number of hydrogen-bond donors (Lipinski definition) is 1. The predicted molar refractivity (Wildman–Crippen MR) is 120 cm³/mol. The van der Waals surface area contributed by atoms with Gasteiger partial charge in [-0.15, -0.1) is 0 Å². The van der Waals surface area contributed by atoms with E-state index in [0.717, 1.165) is 16.1 Å². The van der Waals surface area contributed by atoms with Gasteiger partial charge in [-0.3, -0.25) is 9.10 Å². The molecule has 7 nitrogen and oxygen atoms in total. The Labute approximate surface area is 189 Å². The van der Waals surface area contributed by atoms with Crippen LogP contribution in [0.4, 0.5) is 5.69 Å². The van der Waals surface area contributed by atoms with Crippen molar-refractivity contribution < 1.29 is 22.7 Å². The minimum atomic E-state index is -3.66. The van der Waals surface area contributed by atoms with E-state index < -0.39 is 15.9 Å². The first-order valence-electron chi connectivity index (χ1n) is 8.90. The van der Waals surface area contributed by atoms with Gasteiger partial charge in [-0.1, -0.05) is 29.3 Å². The van der Waals surface area contributed by atoms with Crippen molar-refractivity contribution in [2.75, 3.05) is 36.2 Å². The highest BCUT2D eigenvalue weighted by atomic mass is 35.5. The van der Waals surface area contributed by atoms with Crippen LogP contribution in [0.5, 0.6) is 11.5 Å². The van der Waals surface area contributed by atoms with E-state index in [1.807, 2.05) is 6.07 Å². The van der Waals surface area contributed by atoms with Gasteiger partial charge in [-0.05, 0) is 29.8 Å². The first-order valence-corrected chi connectivity index (χ1v) is 12.7. The highest BCUT2D eigenvalue weighted by Gasteiger charge is 2.23. The number of rotatable bonds is 9. The van der Waals surface area contributed by atoms with Crippen LogP contribution < -0.4 is 19.1 Å². The largest absolute Gasteiger partial charge is 0.454 e. The van der Waals surface area contributed by atoms with Gasteiger partial charge in [0.05, 0.1) is 11.9 Å². The maximum atomic E-state index is 12.3. The number of hydrogen-bond acceptors (Lipinski definition) is 6. The molecule has 1 aliphatic rings. The van der Waals surface area contributed by atoms with E-state index in [1.54, 1.807) is 42.1 Å². The van der Waals surface area contributed by atoms with Gasteiger partial charge < -0.3 is 14.8 Å². The third-order valence-electron chi connectivity index (χ3n) is 4.17. The predicted octanol–water partition coefficient (Wildman–Crippen LogP) is 3.54. The highest BCUT2D eigenvalue weighted by Crippen LogP contribution is 2.36. The maximum Gasteiger partial charge on any atom is 0.240 e. The molecule has 0 radical (unpaired) electrons. The number of sulfonamides is 1. The monoisotopic (exact) mass is 490 g/mol. The number of halogens is 2. The SMILES string of the molecule is CS(=O)(=O)N(CC(=O)NCCSCc1ccc(Cl)cc1Cl)c1ccc2c(c1)OCO2. The molecule has 0 spiro atoms. The van der Waals surface area contributed by atoms with Crippen molar-refractivity contribution in [2.45, 2.75) is 5.75 Å². The fraction of sp³-hybridized carbons (Fsp3) is 0.316. The van der Waals surface area contributed by atoms with Crippen LogP contribution in [-0.2, 0) is 20.6 Å². The quantitative estimate of drug-likeness (QED) is 0.541. The van der Waals surface area contributed by atoms with E-state index in [1.165, 1.54) is 0 Å². The molecule has 3 rings (SSSR count). The standard InChI is InChI=1S/C19H20Cl2N2O5S2/c1-30(25,26)23(15-4-5-17-18(9-15)28-12-27-17)10-19(24)22-6-7-29-11-13-2-3-14(20)8-16(13)21/h2-5,8-9H,6-7,10-12H2,1H3,(H,22,24). The lowest BCUT2D eigenvalue weighted by Crippen LogP contribution is -2.41. The zero-order chi connectivity index (χ0) is 21.7. The molecule has 0 bridgehead atoms. The van der Waals surface area contributed by atoms with Gasteiger partial charge in [0.1, 0.15) is 6.54 Å². The lowest BCUT2D eigenvalue weighted by atomic mass is 10.2. The molecule has 0 fully saturated rings. The third-order valence-corrected chi connectivity index (χ3v) is 6.91. The molecule has 162 valence electrons. The average Bonchev–Trinajstić information content (AvgIpc) is 3.14. The van der Waals surface area contributed by atoms with E-state index in [4.69, 9.17) is 32.7 Å². The molecule has 30 heavy (non-hydrogen) atoms. The minimum Gasteiger partial charge on any atom is -0.454 e. The zero-order valence-electron chi connectivity index (χ0n) is 16.1. The van der Waals surface area contributed by atoms with Crippen LogP contribution in [0.3, 0.4) is 0 Å². The Morgan fingerprint density at radius 3 is 2.67 bits per heavy atom. The molecule has 0 saturated carbocycles. The molecule has 1 amide bonds. The fourth-order valence-corrected chi connectivity index (χ4v) is 4.98. The molecule has 1 aliphatic heterocycles. The summed E-state index contributed by atoms with van der Waals surface area (Å²) in [7, 11) is -3.66. The third kappa shape index (κ3) is 6.10. The van der Waals surface area contributed by atoms with Crippen molar-refractivity contribution in [3.05, 3.63) is 52.0 Å². The maximum absolute atomic E-state index is 12.3. The van der Waals surface area contributed by atoms with Crippen LogP contribution in [0, 0.1) is 0 Å². The minimum absolute atomic E-state index is 0.0804. The number of nitrogens with one attached hydrogen (secondary N) is 1. The Morgan fingerprint density at radius 2 is 1.93 bits per heavy atom. The van der Waals surface area contributed by atoms with Crippen molar-refractivity contribution in [1.82, 2.24) is 5.32 Å². The molecular weight excluding hydrogens is 471 g/mol. The van der Waals surface area contributed by atoms with Crippen molar-refractivity contribution >= 4 is 56.6 Å². The second kappa shape index (κ2) is 10.00. The van der Waals surface area contributed by atoms with Crippen LogP contribution >= 0.6 is 35.0 Å². The van der Waals surface area contributed by atoms with Crippen molar-refractivity contribution in [2.24, 2.45) is 0 Å². The summed E-state index contributed by atoms with van der Waals surface area (Å²) in [5.41, 5.74) is 1.30. The van der Waals surface area contributed by atoms with Crippen molar-refractivity contribution in [3.63, 3.8) is 0 Å². The molecule has 0 unspecified atom stereocenters. The summed E-state index contributed by atoms with van der Waals surface area (Å²) in [4.78, 5) is 12.3. The number of nitrogens with zero attached hydrogens (tertiary/aromatic N) is 1. The Bertz CT molecular complexity index is 1030. The molecule has 0 atom stereocenters. The number of carbonyl (C=O) groups is 1. The van der Waals surface area contributed by atoms with Gasteiger partial charge in [-0.2, -0.15) is 11.8 Å². The van der Waals surface area contributed by atoms with Gasteiger partial charge in [-0.25, -0.2) is 8.42 Å². The lowest BCUT2D eigenvalue weighted by molar-refractivity contribution is -0.119. The number of benzene rings is 2. The molecule has 1 heterocycles. The Balaban J connectivity index is 1.50. The molecule has 11 heteroatoms. The van der Waals surface area contributed by atoms with Crippen LogP contribution in [0.15, 0.2) is 36.4 Å². The van der Waals surface area contributed by atoms with Crippen LogP contribution in [0.25, 0.3) is 0 Å². The van der Waals surface area contributed by atoms with E-state index >= 15 is 0 Å². The lowest BCUT2D eigenvalue weighted by Gasteiger charge is -2.22. The molecule has 0 aliphatic carbocycles. The molecule has 0 aromatic heterocycles.